The highest BCUT2D eigenvalue weighted by molar-refractivity contribution is 5.97. The zero-order valence-electron chi connectivity index (χ0n) is 20.1. The van der Waals surface area contributed by atoms with E-state index in [-0.39, 0.29) is 23.6 Å². The molecule has 1 saturated heterocycles. The highest BCUT2D eigenvalue weighted by Crippen LogP contribution is 2.22. The van der Waals surface area contributed by atoms with Crippen LogP contribution in [0.3, 0.4) is 0 Å². The van der Waals surface area contributed by atoms with Gasteiger partial charge in [0.15, 0.2) is 0 Å². The van der Waals surface area contributed by atoms with Gasteiger partial charge < -0.3 is 20.3 Å². The number of nitrogens with one attached hydrogen (secondary N) is 2. The van der Waals surface area contributed by atoms with Crippen LogP contribution in [0.4, 0.5) is 0 Å². The lowest BCUT2D eigenvalue weighted by atomic mass is 9.88. The molecule has 0 aromatic heterocycles. The molecule has 1 fully saturated rings. The van der Waals surface area contributed by atoms with E-state index in [0.29, 0.717) is 51.1 Å². The van der Waals surface area contributed by atoms with E-state index < -0.39 is 6.04 Å². The third-order valence-electron chi connectivity index (χ3n) is 6.32. The van der Waals surface area contributed by atoms with Crippen molar-refractivity contribution in [3.63, 3.8) is 0 Å². The standard InChI is InChI=1S/C27H35N3O4/c1-20-8-11-23(12-9-20)26(32)29-25(27(33)28-16-19-34-2)22-14-17-30(18-15-22)24(31)13-10-21-6-4-3-5-7-21/h3-9,11-12,22,25H,10,13-19H2,1-2H3,(H,28,33)(H,29,32)/t25-/m1/s1. The Hall–Kier alpha value is -3.19. The number of piperidine rings is 1. The first kappa shape index (κ1) is 25.4. The summed E-state index contributed by atoms with van der Waals surface area (Å²) in [4.78, 5) is 40.4. The van der Waals surface area contributed by atoms with Crippen LogP contribution in [-0.2, 0) is 20.7 Å². The Kier molecular flexibility index (Phi) is 9.64. The maximum Gasteiger partial charge on any atom is 0.251 e. The molecule has 7 heteroatoms. The normalized spacial score (nSPS) is 14.9. The molecule has 0 bridgehead atoms. The number of amides is 3. The van der Waals surface area contributed by atoms with Gasteiger partial charge in [0, 0.05) is 38.7 Å². The molecule has 0 unspecified atom stereocenters. The summed E-state index contributed by atoms with van der Waals surface area (Å²) >= 11 is 0. The van der Waals surface area contributed by atoms with Crippen molar-refractivity contribution in [1.29, 1.82) is 0 Å². The fourth-order valence-electron chi connectivity index (χ4n) is 4.25. The maximum atomic E-state index is 13.0. The van der Waals surface area contributed by atoms with Crippen molar-refractivity contribution in [3.05, 3.63) is 71.3 Å². The monoisotopic (exact) mass is 465 g/mol. The van der Waals surface area contributed by atoms with Gasteiger partial charge in [0.1, 0.15) is 6.04 Å². The molecule has 2 aromatic carbocycles. The van der Waals surface area contributed by atoms with Crippen molar-refractivity contribution < 1.29 is 19.1 Å². The number of ether oxygens (including phenoxy) is 1. The second-order valence-corrected chi connectivity index (χ2v) is 8.80. The van der Waals surface area contributed by atoms with Gasteiger partial charge in [-0.05, 0) is 49.8 Å². The van der Waals surface area contributed by atoms with Crippen molar-refractivity contribution in [2.45, 2.75) is 38.6 Å². The van der Waals surface area contributed by atoms with Gasteiger partial charge in [0.2, 0.25) is 11.8 Å². The van der Waals surface area contributed by atoms with E-state index in [2.05, 4.69) is 10.6 Å². The lowest BCUT2D eigenvalue weighted by Crippen LogP contribution is -2.54. The summed E-state index contributed by atoms with van der Waals surface area (Å²) < 4.78 is 5.03. The number of nitrogens with zero attached hydrogens (tertiary/aromatic N) is 1. The number of likely N-dealkylation sites (tertiary alicyclic amines) is 1. The Morgan fingerprint density at radius 3 is 2.35 bits per heavy atom. The number of carbonyl (C=O) groups excluding carboxylic acids is 3. The Balaban J connectivity index is 1.58. The van der Waals surface area contributed by atoms with Gasteiger partial charge in [-0.15, -0.1) is 0 Å². The minimum Gasteiger partial charge on any atom is -0.383 e. The fraction of sp³-hybridized carbons (Fsp3) is 0.444. The molecular weight excluding hydrogens is 430 g/mol. The van der Waals surface area contributed by atoms with Gasteiger partial charge in [-0.3, -0.25) is 14.4 Å². The van der Waals surface area contributed by atoms with Crippen molar-refractivity contribution in [2.24, 2.45) is 5.92 Å². The van der Waals surface area contributed by atoms with Crippen molar-refractivity contribution in [2.75, 3.05) is 33.4 Å². The molecule has 7 nitrogen and oxygen atoms in total. The van der Waals surface area contributed by atoms with Gasteiger partial charge in [-0.25, -0.2) is 0 Å². The molecule has 3 amide bonds. The fourth-order valence-corrected chi connectivity index (χ4v) is 4.25. The predicted octanol–water partition coefficient (Wildman–Crippen LogP) is 2.73. The van der Waals surface area contributed by atoms with Gasteiger partial charge in [0.05, 0.1) is 6.61 Å². The van der Waals surface area contributed by atoms with Gasteiger partial charge in [-0.2, -0.15) is 0 Å². The van der Waals surface area contributed by atoms with Crippen LogP contribution < -0.4 is 10.6 Å². The van der Waals surface area contributed by atoms with E-state index in [1.165, 1.54) is 0 Å². The van der Waals surface area contributed by atoms with Crippen LogP contribution in [0, 0.1) is 12.8 Å². The number of hydrogen-bond acceptors (Lipinski definition) is 4. The molecule has 1 atom stereocenters. The molecule has 2 aromatic rings. The van der Waals surface area contributed by atoms with Gasteiger partial charge in [0.25, 0.3) is 5.91 Å². The minimum atomic E-state index is -0.660. The largest absolute Gasteiger partial charge is 0.383 e. The third-order valence-corrected chi connectivity index (χ3v) is 6.32. The summed E-state index contributed by atoms with van der Waals surface area (Å²) in [6.07, 6.45) is 2.51. The highest BCUT2D eigenvalue weighted by Gasteiger charge is 2.33. The SMILES string of the molecule is COCCNC(=O)[C@H](NC(=O)c1ccc(C)cc1)C1CCN(C(=O)CCc2ccccc2)CC1. The van der Waals surface area contributed by atoms with E-state index in [9.17, 15) is 14.4 Å². The Bertz CT molecular complexity index is 938. The first-order valence-electron chi connectivity index (χ1n) is 11.9. The highest BCUT2D eigenvalue weighted by atomic mass is 16.5. The average Bonchev–Trinajstić information content (AvgIpc) is 2.87. The van der Waals surface area contributed by atoms with Crippen LogP contribution in [0.1, 0.15) is 40.7 Å². The Morgan fingerprint density at radius 2 is 1.71 bits per heavy atom. The molecule has 0 spiro atoms. The molecule has 1 heterocycles. The molecule has 2 N–H and O–H groups in total. The van der Waals surface area contributed by atoms with Crippen LogP contribution in [0.2, 0.25) is 0 Å². The summed E-state index contributed by atoms with van der Waals surface area (Å²) in [5.74, 6) is -0.401. The van der Waals surface area contributed by atoms with Crippen LogP contribution in [0.25, 0.3) is 0 Å². The summed E-state index contributed by atoms with van der Waals surface area (Å²) in [5.41, 5.74) is 2.74. The van der Waals surface area contributed by atoms with Crippen molar-refractivity contribution in [1.82, 2.24) is 15.5 Å². The molecule has 1 aliphatic heterocycles. The molecule has 1 aliphatic rings. The van der Waals surface area contributed by atoms with Crippen LogP contribution in [0.15, 0.2) is 54.6 Å². The summed E-state index contributed by atoms with van der Waals surface area (Å²) in [6.45, 7) is 3.91. The van der Waals surface area contributed by atoms with Crippen LogP contribution >= 0.6 is 0 Å². The number of rotatable bonds is 10. The zero-order chi connectivity index (χ0) is 24.3. The molecular formula is C27H35N3O4. The van der Waals surface area contributed by atoms with E-state index in [1.807, 2.05) is 54.3 Å². The molecule has 0 aliphatic carbocycles. The van der Waals surface area contributed by atoms with Gasteiger partial charge in [-0.1, -0.05) is 48.0 Å². The Labute approximate surface area is 201 Å². The van der Waals surface area contributed by atoms with Crippen molar-refractivity contribution >= 4 is 17.7 Å². The maximum absolute atomic E-state index is 13.0. The van der Waals surface area contributed by atoms with Gasteiger partial charge >= 0.3 is 0 Å². The third kappa shape index (κ3) is 7.42. The summed E-state index contributed by atoms with van der Waals surface area (Å²) in [5, 5.41) is 5.80. The molecule has 34 heavy (non-hydrogen) atoms. The van der Waals surface area contributed by atoms with E-state index >= 15 is 0 Å². The summed E-state index contributed by atoms with van der Waals surface area (Å²) in [6, 6.07) is 16.6. The second-order valence-electron chi connectivity index (χ2n) is 8.80. The van der Waals surface area contributed by atoms with Crippen LogP contribution in [-0.4, -0.2) is 62.0 Å². The number of benzene rings is 2. The number of aryl methyl sites for hydroxylation is 2. The number of hydrogen-bond donors (Lipinski definition) is 2. The lowest BCUT2D eigenvalue weighted by molar-refractivity contribution is -0.133. The predicted molar refractivity (Wildman–Crippen MR) is 131 cm³/mol. The zero-order valence-corrected chi connectivity index (χ0v) is 20.1. The Morgan fingerprint density at radius 1 is 1.03 bits per heavy atom. The average molecular weight is 466 g/mol. The first-order valence-corrected chi connectivity index (χ1v) is 11.9. The lowest BCUT2D eigenvalue weighted by Gasteiger charge is -2.36. The van der Waals surface area contributed by atoms with Crippen molar-refractivity contribution in [3.8, 4) is 0 Å². The topological polar surface area (TPSA) is 87.7 Å². The first-order chi connectivity index (χ1) is 16.5. The van der Waals surface area contributed by atoms with Crippen LogP contribution in [0.5, 0.6) is 0 Å². The minimum absolute atomic E-state index is 0.0462. The quantitative estimate of drug-likeness (QED) is 0.528. The molecule has 182 valence electrons. The van der Waals surface area contributed by atoms with E-state index in [4.69, 9.17) is 4.74 Å². The van der Waals surface area contributed by atoms with E-state index in [1.54, 1.807) is 19.2 Å². The molecule has 3 rings (SSSR count). The van der Waals surface area contributed by atoms with E-state index in [0.717, 1.165) is 17.5 Å². The number of carbonyl (C=O) groups is 3. The molecule has 0 radical (unpaired) electrons. The smallest absolute Gasteiger partial charge is 0.251 e. The second kappa shape index (κ2) is 12.9. The molecule has 0 saturated carbocycles. The summed E-state index contributed by atoms with van der Waals surface area (Å²) in [7, 11) is 1.58. The number of methoxy groups -OCH3 is 1.